The molecule has 0 aliphatic heterocycles. The molecule has 1 atom stereocenters. The Morgan fingerprint density at radius 3 is 1.14 bits per heavy atom. The Kier molecular flexibility index (Phi) is 53.9. The van der Waals surface area contributed by atoms with E-state index < -0.39 is 6.10 Å². The van der Waals surface area contributed by atoms with Gasteiger partial charge in [-0.2, -0.15) is 0 Å². The maximum Gasteiger partial charge on any atom is 0.306 e. The number of allylic oxidation sites excluding steroid dienone is 14. The third-order valence-electron chi connectivity index (χ3n) is 11.9. The maximum atomic E-state index is 12.8. The molecule has 0 amide bonds. The van der Waals surface area contributed by atoms with Crippen LogP contribution in [0, 0.1) is 0 Å². The van der Waals surface area contributed by atoms with E-state index in [-0.39, 0.29) is 25.2 Å². The Morgan fingerprint density at radius 1 is 0.348 bits per heavy atom. The molecule has 1 unspecified atom stereocenters. The van der Waals surface area contributed by atoms with Gasteiger partial charge in [0, 0.05) is 19.4 Å². The summed E-state index contributed by atoms with van der Waals surface area (Å²) >= 11 is 0. The topological polar surface area (TPSA) is 61.8 Å². The lowest BCUT2D eigenvalue weighted by Gasteiger charge is -2.18. The monoisotopic (exact) mass is 919 g/mol. The van der Waals surface area contributed by atoms with Crippen LogP contribution in [0.4, 0.5) is 0 Å². The summed E-state index contributed by atoms with van der Waals surface area (Å²) < 4.78 is 17.4. The molecule has 0 fully saturated rings. The van der Waals surface area contributed by atoms with Crippen LogP contribution in [0.25, 0.3) is 0 Å². The van der Waals surface area contributed by atoms with E-state index in [0.29, 0.717) is 19.4 Å². The van der Waals surface area contributed by atoms with Crippen molar-refractivity contribution < 1.29 is 23.8 Å². The van der Waals surface area contributed by atoms with E-state index >= 15 is 0 Å². The molecule has 0 rings (SSSR count). The Bertz CT molecular complexity index is 1220. The fourth-order valence-corrected chi connectivity index (χ4v) is 7.74. The first-order valence-corrected chi connectivity index (χ1v) is 28.1. The predicted octanol–water partition coefficient (Wildman–Crippen LogP) is 19.2. The highest BCUT2D eigenvalue weighted by atomic mass is 16.6. The lowest BCUT2D eigenvalue weighted by Crippen LogP contribution is -2.30. The molecule has 380 valence electrons. The molecule has 0 saturated carbocycles. The van der Waals surface area contributed by atoms with Gasteiger partial charge in [-0.15, -0.1) is 0 Å². The third-order valence-corrected chi connectivity index (χ3v) is 11.9. The average Bonchev–Trinajstić information content (AvgIpc) is 3.32. The molecule has 0 aromatic carbocycles. The number of unbranched alkanes of at least 4 members (excludes halogenated alkanes) is 26. The van der Waals surface area contributed by atoms with Gasteiger partial charge in [0.2, 0.25) is 0 Å². The first-order chi connectivity index (χ1) is 32.6. The van der Waals surface area contributed by atoms with E-state index in [0.717, 1.165) is 96.3 Å². The van der Waals surface area contributed by atoms with E-state index in [2.05, 4.69) is 106 Å². The molecule has 0 N–H and O–H groups in total. The minimum atomic E-state index is -0.556. The van der Waals surface area contributed by atoms with Crippen molar-refractivity contribution in [1.82, 2.24) is 0 Å². The molecule has 0 radical (unpaired) electrons. The number of hydrogen-bond acceptors (Lipinski definition) is 5. The highest BCUT2D eigenvalue weighted by molar-refractivity contribution is 5.70. The molecule has 0 aliphatic rings. The smallest absolute Gasteiger partial charge is 0.306 e. The van der Waals surface area contributed by atoms with E-state index in [1.54, 1.807) is 0 Å². The summed E-state index contributed by atoms with van der Waals surface area (Å²) in [5, 5.41) is 0. The van der Waals surface area contributed by atoms with Crippen LogP contribution < -0.4 is 0 Å². The standard InChI is InChI=1S/C61H106O5/c1-4-7-10-13-16-19-22-25-28-30-31-33-34-36-39-42-45-48-51-54-60(62)65-58-59(57-64-56-53-50-47-44-41-38-27-24-21-18-15-12-9-6-3)66-61(63)55-52-49-46-43-40-37-35-32-29-26-23-20-17-14-11-8-5-2/h7,10,16-17,19-20,25-26,28-29,31,33,36,39,59H,4-6,8-9,11-15,18,21-24,27,30,32,34-35,37-38,40-58H2,1-3H3/b10-7-,19-16-,20-17-,28-25-,29-26-,33-31-,39-36-. The normalized spacial score (nSPS) is 12.8. The molecule has 5 heteroatoms. The van der Waals surface area contributed by atoms with Crippen molar-refractivity contribution in [3.05, 3.63) is 85.1 Å². The number of carbonyl (C=O) groups is 2. The zero-order valence-electron chi connectivity index (χ0n) is 43.7. The van der Waals surface area contributed by atoms with Crippen LogP contribution in [-0.4, -0.2) is 37.9 Å². The number of carbonyl (C=O) groups excluding carboxylic acids is 2. The van der Waals surface area contributed by atoms with Gasteiger partial charge >= 0.3 is 11.9 Å². The summed E-state index contributed by atoms with van der Waals surface area (Å²) in [5.74, 6) is -0.437. The molecule has 5 nitrogen and oxygen atoms in total. The summed E-state index contributed by atoms with van der Waals surface area (Å²) in [5.41, 5.74) is 0. The van der Waals surface area contributed by atoms with Crippen molar-refractivity contribution in [2.75, 3.05) is 19.8 Å². The quantitative estimate of drug-likeness (QED) is 0.0346. The minimum absolute atomic E-state index is 0.0638. The predicted molar refractivity (Wildman–Crippen MR) is 288 cm³/mol. The second kappa shape index (κ2) is 56.4. The van der Waals surface area contributed by atoms with Gasteiger partial charge in [-0.3, -0.25) is 9.59 Å². The molecule has 0 aromatic heterocycles. The van der Waals surface area contributed by atoms with Crippen molar-refractivity contribution in [3.8, 4) is 0 Å². The second-order valence-electron chi connectivity index (χ2n) is 18.5. The molecule has 0 bridgehead atoms. The highest BCUT2D eigenvalue weighted by Crippen LogP contribution is 2.15. The lowest BCUT2D eigenvalue weighted by molar-refractivity contribution is -0.163. The van der Waals surface area contributed by atoms with Crippen LogP contribution in [0.3, 0.4) is 0 Å². The molecular weight excluding hydrogens is 813 g/mol. The summed E-state index contributed by atoms with van der Waals surface area (Å²) in [7, 11) is 0. The number of rotatable bonds is 51. The molecular formula is C61H106O5. The Morgan fingerprint density at radius 2 is 0.682 bits per heavy atom. The van der Waals surface area contributed by atoms with Gasteiger partial charge in [0.1, 0.15) is 6.61 Å². The lowest BCUT2D eigenvalue weighted by atomic mass is 10.0. The van der Waals surface area contributed by atoms with Gasteiger partial charge < -0.3 is 14.2 Å². The summed E-state index contributed by atoms with van der Waals surface area (Å²) in [6.07, 6.45) is 74.5. The largest absolute Gasteiger partial charge is 0.462 e. The van der Waals surface area contributed by atoms with Crippen LogP contribution >= 0.6 is 0 Å². The Balaban J connectivity index is 4.34. The molecule has 0 spiro atoms. The molecule has 0 heterocycles. The summed E-state index contributed by atoms with van der Waals surface area (Å²) in [4.78, 5) is 25.5. The number of hydrogen-bond donors (Lipinski definition) is 0. The van der Waals surface area contributed by atoms with Crippen molar-refractivity contribution >= 4 is 11.9 Å². The van der Waals surface area contributed by atoms with Crippen LogP contribution in [0.1, 0.15) is 265 Å². The van der Waals surface area contributed by atoms with Crippen molar-refractivity contribution in [3.63, 3.8) is 0 Å². The minimum Gasteiger partial charge on any atom is -0.462 e. The van der Waals surface area contributed by atoms with Crippen LogP contribution in [0.15, 0.2) is 85.1 Å². The second-order valence-corrected chi connectivity index (χ2v) is 18.5. The molecule has 0 aliphatic carbocycles. The van der Waals surface area contributed by atoms with Gasteiger partial charge in [0.15, 0.2) is 6.10 Å². The first-order valence-electron chi connectivity index (χ1n) is 28.1. The first kappa shape index (κ1) is 63.1. The average molecular weight is 920 g/mol. The van der Waals surface area contributed by atoms with E-state index in [1.165, 1.54) is 135 Å². The third kappa shape index (κ3) is 53.7. The molecule has 0 saturated heterocycles. The zero-order chi connectivity index (χ0) is 47.7. The maximum absolute atomic E-state index is 12.8. The fraction of sp³-hybridized carbons (Fsp3) is 0.738. The number of ether oxygens (including phenoxy) is 3. The van der Waals surface area contributed by atoms with Gasteiger partial charge in [-0.25, -0.2) is 0 Å². The van der Waals surface area contributed by atoms with E-state index in [1.807, 2.05) is 0 Å². The van der Waals surface area contributed by atoms with E-state index in [9.17, 15) is 9.59 Å². The molecule has 0 aromatic rings. The summed E-state index contributed by atoms with van der Waals surface area (Å²) in [6.45, 7) is 7.67. The fourth-order valence-electron chi connectivity index (χ4n) is 7.74. The van der Waals surface area contributed by atoms with Crippen molar-refractivity contribution in [1.29, 1.82) is 0 Å². The van der Waals surface area contributed by atoms with Gasteiger partial charge in [0.25, 0.3) is 0 Å². The van der Waals surface area contributed by atoms with Crippen LogP contribution in [0.2, 0.25) is 0 Å². The van der Waals surface area contributed by atoms with E-state index in [4.69, 9.17) is 14.2 Å². The molecule has 66 heavy (non-hydrogen) atoms. The van der Waals surface area contributed by atoms with Gasteiger partial charge in [0.05, 0.1) is 6.61 Å². The zero-order valence-corrected chi connectivity index (χ0v) is 43.7. The van der Waals surface area contributed by atoms with Crippen molar-refractivity contribution in [2.45, 2.75) is 271 Å². The Hall–Kier alpha value is -2.92. The SMILES string of the molecule is CC/C=C\C/C=C\C/C=C\C/C=C\C/C=C\CCCCCC(=O)OCC(COCCCCCCCCCCCCCCCC)OC(=O)CCCCCCCCC/C=C\C/C=C\CCCCC. The van der Waals surface area contributed by atoms with Crippen LogP contribution in [0.5, 0.6) is 0 Å². The Labute approximate surface area is 409 Å². The van der Waals surface area contributed by atoms with Crippen LogP contribution in [-0.2, 0) is 23.8 Å². The van der Waals surface area contributed by atoms with Gasteiger partial charge in [-0.05, 0) is 96.3 Å². The van der Waals surface area contributed by atoms with Gasteiger partial charge in [-0.1, -0.05) is 241 Å². The van der Waals surface area contributed by atoms with Crippen molar-refractivity contribution in [2.24, 2.45) is 0 Å². The highest BCUT2D eigenvalue weighted by Gasteiger charge is 2.17. The number of esters is 2. The summed E-state index contributed by atoms with van der Waals surface area (Å²) in [6, 6.07) is 0.